The standard InChI is InChI=1S/C18H22ClN5S/c1-23-8-10-24(11-9-23)17-7-6-16(13-20-17)22-18(25)21-12-14-2-4-15(19)5-3-14/h2-7,13H,8-12H2,1H3,(H2,21,22,25). The molecular formula is C18H22ClN5S. The summed E-state index contributed by atoms with van der Waals surface area (Å²) in [5.41, 5.74) is 2.00. The summed E-state index contributed by atoms with van der Waals surface area (Å²) in [6.07, 6.45) is 1.82. The third kappa shape index (κ3) is 5.29. The lowest BCUT2D eigenvalue weighted by molar-refractivity contribution is 0.312. The van der Waals surface area contributed by atoms with Gasteiger partial charge in [-0.3, -0.25) is 0 Å². The third-order valence-electron chi connectivity index (χ3n) is 4.20. The number of piperazine rings is 1. The molecule has 5 nitrogen and oxygen atoms in total. The lowest BCUT2D eigenvalue weighted by Crippen LogP contribution is -2.44. The van der Waals surface area contributed by atoms with Crippen LogP contribution in [-0.2, 0) is 6.54 Å². The van der Waals surface area contributed by atoms with Crippen molar-refractivity contribution < 1.29 is 0 Å². The van der Waals surface area contributed by atoms with E-state index in [0.717, 1.165) is 48.3 Å². The summed E-state index contributed by atoms with van der Waals surface area (Å²) in [7, 11) is 2.15. The highest BCUT2D eigenvalue weighted by molar-refractivity contribution is 7.80. The third-order valence-corrected chi connectivity index (χ3v) is 4.70. The number of thiocarbonyl (C=S) groups is 1. The average Bonchev–Trinajstić information content (AvgIpc) is 2.63. The molecule has 0 amide bonds. The van der Waals surface area contributed by atoms with E-state index in [1.165, 1.54) is 0 Å². The minimum absolute atomic E-state index is 0.573. The number of anilines is 2. The number of aromatic nitrogens is 1. The highest BCUT2D eigenvalue weighted by Crippen LogP contribution is 2.16. The predicted molar refractivity (Wildman–Crippen MR) is 108 cm³/mol. The number of halogens is 1. The minimum Gasteiger partial charge on any atom is -0.358 e. The van der Waals surface area contributed by atoms with Gasteiger partial charge in [-0.15, -0.1) is 0 Å². The van der Waals surface area contributed by atoms with E-state index < -0.39 is 0 Å². The lowest BCUT2D eigenvalue weighted by Gasteiger charge is -2.33. The Morgan fingerprint density at radius 3 is 2.48 bits per heavy atom. The monoisotopic (exact) mass is 375 g/mol. The summed E-state index contributed by atoms with van der Waals surface area (Å²) in [4.78, 5) is 9.19. The number of nitrogens with zero attached hydrogens (tertiary/aromatic N) is 3. The van der Waals surface area contributed by atoms with Crippen molar-refractivity contribution in [2.24, 2.45) is 0 Å². The first-order chi connectivity index (χ1) is 12.1. The van der Waals surface area contributed by atoms with Crippen molar-refractivity contribution in [3.05, 3.63) is 53.2 Å². The van der Waals surface area contributed by atoms with Crippen molar-refractivity contribution in [2.45, 2.75) is 6.54 Å². The number of hydrogen-bond donors (Lipinski definition) is 2. The van der Waals surface area contributed by atoms with Gasteiger partial charge in [0.05, 0.1) is 11.9 Å². The Balaban J connectivity index is 1.49. The molecule has 3 rings (SSSR count). The maximum atomic E-state index is 5.89. The molecule has 1 fully saturated rings. The molecule has 0 spiro atoms. The van der Waals surface area contributed by atoms with E-state index in [1.54, 1.807) is 0 Å². The molecule has 0 radical (unpaired) electrons. The van der Waals surface area contributed by atoms with E-state index in [4.69, 9.17) is 23.8 Å². The number of rotatable bonds is 4. The number of likely N-dealkylation sites (N-methyl/N-ethyl adjacent to an activating group) is 1. The van der Waals surface area contributed by atoms with Gasteiger partial charge in [0.25, 0.3) is 0 Å². The first-order valence-corrected chi connectivity index (χ1v) is 9.07. The van der Waals surface area contributed by atoms with Gasteiger partial charge in [0.2, 0.25) is 0 Å². The van der Waals surface area contributed by atoms with E-state index in [9.17, 15) is 0 Å². The van der Waals surface area contributed by atoms with Crippen LogP contribution in [0, 0.1) is 0 Å². The molecule has 2 heterocycles. The Hall–Kier alpha value is -1.89. The van der Waals surface area contributed by atoms with Gasteiger partial charge in [0.15, 0.2) is 5.11 Å². The van der Waals surface area contributed by atoms with Crippen LogP contribution in [0.4, 0.5) is 11.5 Å². The van der Waals surface area contributed by atoms with Crippen molar-refractivity contribution in [2.75, 3.05) is 43.4 Å². The van der Waals surface area contributed by atoms with Crippen LogP contribution < -0.4 is 15.5 Å². The van der Waals surface area contributed by atoms with Crippen LogP contribution in [0.1, 0.15) is 5.56 Å². The minimum atomic E-state index is 0.573. The SMILES string of the molecule is CN1CCN(c2ccc(NC(=S)NCc3ccc(Cl)cc3)cn2)CC1. The molecular weight excluding hydrogens is 354 g/mol. The van der Waals surface area contributed by atoms with E-state index in [0.29, 0.717) is 11.7 Å². The van der Waals surface area contributed by atoms with Crippen molar-refractivity contribution >= 4 is 40.4 Å². The molecule has 0 unspecified atom stereocenters. The number of benzene rings is 1. The van der Waals surface area contributed by atoms with Crippen molar-refractivity contribution in [3.63, 3.8) is 0 Å². The molecule has 0 bridgehead atoms. The Bertz CT molecular complexity index is 696. The first-order valence-electron chi connectivity index (χ1n) is 8.29. The van der Waals surface area contributed by atoms with Gasteiger partial charge in [-0.1, -0.05) is 23.7 Å². The smallest absolute Gasteiger partial charge is 0.171 e. The van der Waals surface area contributed by atoms with Gasteiger partial charge in [-0.2, -0.15) is 0 Å². The lowest BCUT2D eigenvalue weighted by atomic mass is 10.2. The fourth-order valence-electron chi connectivity index (χ4n) is 2.64. The summed E-state index contributed by atoms with van der Waals surface area (Å²) in [6, 6.07) is 11.7. The molecule has 1 aromatic heterocycles. The molecule has 2 N–H and O–H groups in total. The second-order valence-electron chi connectivity index (χ2n) is 6.13. The fourth-order valence-corrected chi connectivity index (χ4v) is 2.96. The van der Waals surface area contributed by atoms with E-state index in [2.05, 4.69) is 32.5 Å². The van der Waals surface area contributed by atoms with Crippen molar-refractivity contribution in [1.29, 1.82) is 0 Å². The molecule has 0 saturated carbocycles. The molecule has 0 aliphatic carbocycles. The zero-order valence-corrected chi connectivity index (χ0v) is 15.8. The Kier molecular flexibility index (Phi) is 6.07. The van der Waals surface area contributed by atoms with Crippen LogP contribution in [0.5, 0.6) is 0 Å². The summed E-state index contributed by atoms with van der Waals surface area (Å²) in [5, 5.41) is 7.65. The van der Waals surface area contributed by atoms with Crippen LogP contribution in [-0.4, -0.2) is 48.2 Å². The largest absolute Gasteiger partial charge is 0.358 e. The van der Waals surface area contributed by atoms with Gasteiger partial charge in [0, 0.05) is 37.7 Å². The second kappa shape index (κ2) is 8.47. The van der Waals surface area contributed by atoms with E-state index in [1.807, 2.05) is 42.6 Å². The quantitative estimate of drug-likeness (QED) is 0.801. The average molecular weight is 376 g/mol. The normalized spacial score (nSPS) is 15.0. The summed E-state index contributed by atoms with van der Waals surface area (Å²) >= 11 is 11.2. The van der Waals surface area contributed by atoms with Crippen LogP contribution >= 0.6 is 23.8 Å². The molecule has 7 heteroatoms. The Labute approximate surface area is 159 Å². The Morgan fingerprint density at radius 1 is 1.12 bits per heavy atom. The van der Waals surface area contributed by atoms with Crippen LogP contribution in [0.2, 0.25) is 5.02 Å². The van der Waals surface area contributed by atoms with Crippen molar-refractivity contribution in [3.8, 4) is 0 Å². The van der Waals surface area contributed by atoms with Gasteiger partial charge < -0.3 is 20.4 Å². The second-order valence-corrected chi connectivity index (χ2v) is 6.97. The van der Waals surface area contributed by atoms with Crippen LogP contribution in [0.15, 0.2) is 42.6 Å². The van der Waals surface area contributed by atoms with Crippen LogP contribution in [0.25, 0.3) is 0 Å². The predicted octanol–water partition coefficient (Wildman–Crippen LogP) is 2.97. The number of pyridine rings is 1. The number of nitrogens with one attached hydrogen (secondary N) is 2. The topological polar surface area (TPSA) is 43.4 Å². The van der Waals surface area contributed by atoms with Gasteiger partial charge in [-0.05, 0) is 49.1 Å². The summed E-state index contributed by atoms with van der Waals surface area (Å²) in [6.45, 7) is 4.81. The summed E-state index contributed by atoms with van der Waals surface area (Å²) < 4.78 is 0. The zero-order chi connectivity index (χ0) is 17.6. The van der Waals surface area contributed by atoms with Gasteiger partial charge in [-0.25, -0.2) is 4.98 Å². The molecule has 1 aliphatic rings. The van der Waals surface area contributed by atoms with Crippen molar-refractivity contribution in [1.82, 2.24) is 15.2 Å². The molecule has 25 heavy (non-hydrogen) atoms. The molecule has 1 aromatic carbocycles. The molecule has 2 aromatic rings. The molecule has 1 saturated heterocycles. The van der Waals surface area contributed by atoms with E-state index in [-0.39, 0.29) is 0 Å². The first kappa shape index (κ1) is 17.9. The molecule has 132 valence electrons. The molecule has 0 atom stereocenters. The van der Waals surface area contributed by atoms with Gasteiger partial charge >= 0.3 is 0 Å². The number of hydrogen-bond acceptors (Lipinski definition) is 4. The molecule has 1 aliphatic heterocycles. The Morgan fingerprint density at radius 2 is 1.84 bits per heavy atom. The van der Waals surface area contributed by atoms with E-state index >= 15 is 0 Å². The zero-order valence-electron chi connectivity index (χ0n) is 14.2. The summed E-state index contributed by atoms with van der Waals surface area (Å²) in [5.74, 6) is 1.01. The fraction of sp³-hybridized carbons (Fsp3) is 0.333. The maximum absolute atomic E-state index is 5.89. The van der Waals surface area contributed by atoms with Crippen LogP contribution in [0.3, 0.4) is 0 Å². The highest BCUT2D eigenvalue weighted by Gasteiger charge is 2.14. The van der Waals surface area contributed by atoms with Gasteiger partial charge in [0.1, 0.15) is 5.82 Å². The maximum Gasteiger partial charge on any atom is 0.171 e. The highest BCUT2D eigenvalue weighted by atomic mass is 35.5.